The maximum Gasteiger partial charge on any atom is 0.0828 e. The molecule has 1 rings (SSSR count). The second kappa shape index (κ2) is 8.06. The molecule has 0 aromatic heterocycles. The Balaban J connectivity index is 2.56. The number of hydrogen-bond donors (Lipinski definition) is 2. The van der Waals surface area contributed by atoms with Crippen LogP contribution < -0.4 is 0 Å². The standard InChI is InChI=1S/C17H32O2/c1-16(2,18)14-15-17(19)12-10-8-6-4-3-5-7-9-11-13-17/h14-15,18-19H,3-13H2,1-2H3/b15-14-. The Bertz CT molecular complexity index is 251. The molecule has 0 aromatic carbocycles. The van der Waals surface area contributed by atoms with Crippen molar-refractivity contribution < 1.29 is 10.2 Å². The summed E-state index contributed by atoms with van der Waals surface area (Å²) in [7, 11) is 0. The van der Waals surface area contributed by atoms with Gasteiger partial charge in [-0.2, -0.15) is 0 Å². The van der Waals surface area contributed by atoms with E-state index in [1.165, 1.54) is 44.9 Å². The van der Waals surface area contributed by atoms with Crippen LogP contribution in [0.3, 0.4) is 0 Å². The van der Waals surface area contributed by atoms with Crippen molar-refractivity contribution in [3.8, 4) is 0 Å². The van der Waals surface area contributed by atoms with Crippen LogP contribution in [0.15, 0.2) is 12.2 Å². The molecule has 0 heterocycles. The number of hydrogen-bond acceptors (Lipinski definition) is 2. The average molecular weight is 268 g/mol. The highest BCUT2D eigenvalue weighted by Gasteiger charge is 2.23. The van der Waals surface area contributed by atoms with E-state index in [1.807, 2.05) is 6.08 Å². The Morgan fingerprint density at radius 2 is 1.16 bits per heavy atom. The lowest BCUT2D eigenvalue weighted by atomic mass is 9.87. The summed E-state index contributed by atoms with van der Waals surface area (Å²) in [5, 5.41) is 20.5. The summed E-state index contributed by atoms with van der Waals surface area (Å²) in [4.78, 5) is 0. The van der Waals surface area contributed by atoms with Gasteiger partial charge >= 0.3 is 0 Å². The van der Waals surface area contributed by atoms with Gasteiger partial charge in [0.25, 0.3) is 0 Å². The minimum atomic E-state index is -0.834. The van der Waals surface area contributed by atoms with Crippen LogP contribution in [0.1, 0.15) is 84.5 Å². The zero-order chi connectivity index (χ0) is 14.2. The van der Waals surface area contributed by atoms with Crippen molar-refractivity contribution in [3.63, 3.8) is 0 Å². The van der Waals surface area contributed by atoms with E-state index in [-0.39, 0.29) is 0 Å². The Morgan fingerprint density at radius 1 is 0.789 bits per heavy atom. The predicted molar refractivity (Wildman–Crippen MR) is 81.2 cm³/mol. The second-order valence-corrected chi connectivity index (χ2v) is 6.77. The van der Waals surface area contributed by atoms with Gasteiger partial charge in [0, 0.05) is 0 Å². The van der Waals surface area contributed by atoms with E-state index < -0.39 is 11.2 Å². The van der Waals surface area contributed by atoms with E-state index >= 15 is 0 Å². The molecule has 0 unspecified atom stereocenters. The minimum Gasteiger partial charge on any atom is -0.386 e. The lowest BCUT2D eigenvalue weighted by Gasteiger charge is -2.26. The van der Waals surface area contributed by atoms with Crippen molar-refractivity contribution in [2.45, 2.75) is 95.7 Å². The SMILES string of the molecule is CC(C)(O)/C=C\C1(O)CCCCCCCCCCC1. The molecule has 0 aromatic rings. The molecule has 2 N–H and O–H groups in total. The molecule has 0 bridgehead atoms. The number of rotatable bonds is 2. The normalized spacial score (nSPS) is 23.8. The smallest absolute Gasteiger partial charge is 0.0828 e. The highest BCUT2D eigenvalue weighted by molar-refractivity contribution is 5.06. The third-order valence-electron chi connectivity index (χ3n) is 4.02. The maximum atomic E-state index is 10.7. The van der Waals surface area contributed by atoms with Crippen LogP contribution in [0.25, 0.3) is 0 Å². The van der Waals surface area contributed by atoms with E-state index in [0.717, 1.165) is 25.7 Å². The van der Waals surface area contributed by atoms with Gasteiger partial charge in [-0.05, 0) is 26.7 Å². The molecule has 0 aliphatic heterocycles. The van der Waals surface area contributed by atoms with Gasteiger partial charge in [0.05, 0.1) is 11.2 Å². The second-order valence-electron chi connectivity index (χ2n) is 6.77. The van der Waals surface area contributed by atoms with Crippen molar-refractivity contribution in [1.29, 1.82) is 0 Å². The third kappa shape index (κ3) is 8.43. The Labute approximate surface area is 118 Å². The first-order valence-electron chi connectivity index (χ1n) is 8.07. The molecule has 19 heavy (non-hydrogen) atoms. The van der Waals surface area contributed by atoms with Crippen LogP contribution in [0, 0.1) is 0 Å². The minimum absolute atomic E-state index is 0.709. The van der Waals surface area contributed by atoms with Gasteiger partial charge in [0.1, 0.15) is 0 Å². The molecule has 0 atom stereocenters. The summed E-state index contributed by atoms with van der Waals surface area (Å²) in [6.07, 6.45) is 16.5. The van der Waals surface area contributed by atoms with Gasteiger partial charge in [-0.25, -0.2) is 0 Å². The summed E-state index contributed by atoms with van der Waals surface area (Å²) < 4.78 is 0. The zero-order valence-corrected chi connectivity index (χ0v) is 12.8. The zero-order valence-electron chi connectivity index (χ0n) is 12.8. The molecule has 112 valence electrons. The Morgan fingerprint density at radius 3 is 1.53 bits per heavy atom. The molecule has 2 nitrogen and oxygen atoms in total. The van der Waals surface area contributed by atoms with Gasteiger partial charge in [0.15, 0.2) is 0 Å². The van der Waals surface area contributed by atoms with E-state index in [2.05, 4.69) is 0 Å². The van der Waals surface area contributed by atoms with Crippen LogP contribution in [0.2, 0.25) is 0 Å². The third-order valence-corrected chi connectivity index (χ3v) is 4.02. The van der Waals surface area contributed by atoms with Gasteiger partial charge in [-0.15, -0.1) is 0 Å². The van der Waals surface area contributed by atoms with Crippen molar-refractivity contribution in [2.75, 3.05) is 0 Å². The highest BCUT2D eigenvalue weighted by atomic mass is 16.3. The summed E-state index contributed by atoms with van der Waals surface area (Å²) in [6.45, 7) is 3.50. The monoisotopic (exact) mass is 268 g/mol. The van der Waals surface area contributed by atoms with Crippen molar-refractivity contribution in [2.24, 2.45) is 0 Å². The fourth-order valence-corrected chi connectivity index (χ4v) is 2.75. The molecular formula is C17H32O2. The Kier molecular flexibility index (Phi) is 7.09. The van der Waals surface area contributed by atoms with Gasteiger partial charge < -0.3 is 10.2 Å². The lowest BCUT2D eigenvalue weighted by molar-refractivity contribution is 0.0616. The van der Waals surface area contributed by atoms with E-state index in [1.54, 1.807) is 19.9 Å². The number of aliphatic hydroxyl groups is 2. The molecule has 2 heteroatoms. The lowest BCUT2D eigenvalue weighted by Crippen LogP contribution is -2.27. The van der Waals surface area contributed by atoms with Crippen LogP contribution in [0.4, 0.5) is 0 Å². The summed E-state index contributed by atoms with van der Waals surface area (Å²) in [5.74, 6) is 0. The fourth-order valence-electron chi connectivity index (χ4n) is 2.75. The van der Waals surface area contributed by atoms with E-state index in [9.17, 15) is 10.2 Å². The first-order chi connectivity index (χ1) is 8.91. The summed E-state index contributed by atoms with van der Waals surface area (Å²) in [6, 6.07) is 0. The molecule has 1 fully saturated rings. The van der Waals surface area contributed by atoms with Crippen molar-refractivity contribution in [3.05, 3.63) is 12.2 Å². The average Bonchev–Trinajstić information content (AvgIpc) is 2.31. The van der Waals surface area contributed by atoms with Crippen LogP contribution in [-0.2, 0) is 0 Å². The first-order valence-corrected chi connectivity index (χ1v) is 8.07. The Hall–Kier alpha value is -0.340. The maximum absolute atomic E-state index is 10.7. The molecule has 1 aliphatic carbocycles. The quantitative estimate of drug-likeness (QED) is 0.731. The van der Waals surface area contributed by atoms with Gasteiger partial charge in [0.2, 0.25) is 0 Å². The summed E-state index contributed by atoms with van der Waals surface area (Å²) in [5.41, 5.74) is -1.54. The fraction of sp³-hybridized carbons (Fsp3) is 0.882. The van der Waals surface area contributed by atoms with Crippen LogP contribution >= 0.6 is 0 Å². The first kappa shape index (κ1) is 16.7. The summed E-state index contributed by atoms with van der Waals surface area (Å²) >= 11 is 0. The van der Waals surface area contributed by atoms with Crippen molar-refractivity contribution >= 4 is 0 Å². The molecule has 0 amide bonds. The molecule has 0 radical (unpaired) electrons. The van der Waals surface area contributed by atoms with Crippen LogP contribution in [0.5, 0.6) is 0 Å². The molecule has 0 spiro atoms. The van der Waals surface area contributed by atoms with Crippen molar-refractivity contribution in [1.82, 2.24) is 0 Å². The molecule has 1 saturated carbocycles. The molecular weight excluding hydrogens is 236 g/mol. The topological polar surface area (TPSA) is 40.5 Å². The van der Waals surface area contributed by atoms with Crippen LogP contribution in [-0.4, -0.2) is 21.4 Å². The largest absolute Gasteiger partial charge is 0.386 e. The predicted octanol–water partition coefficient (Wildman–Crippen LogP) is 4.35. The van der Waals surface area contributed by atoms with Gasteiger partial charge in [-0.1, -0.05) is 69.9 Å². The van der Waals surface area contributed by atoms with E-state index in [4.69, 9.17) is 0 Å². The molecule has 0 saturated heterocycles. The van der Waals surface area contributed by atoms with E-state index in [0.29, 0.717) is 0 Å². The highest BCUT2D eigenvalue weighted by Crippen LogP contribution is 2.26. The molecule has 1 aliphatic rings. The van der Waals surface area contributed by atoms with Gasteiger partial charge in [-0.3, -0.25) is 0 Å².